The Morgan fingerprint density at radius 1 is 1.22 bits per heavy atom. The molecule has 0 saturated carbocycles. The molecule has 0 aliphatic heterocycles. The number of nitrogens with zero attached hydrogens (tertiary/aromatic N) is 3. The quantitative estimate of drug-likeness (QED) is 0.749. The van der Waals surface area contributed by atoms with Crippen molar-refractivity contribution in [2.24, 2.45) is 5.73 Å². The van der Waals surface area contributed by atoms with Crippen LogP contribution < -0.4 is 5.73 Å². The van der Waals surface area contributed by atoms with E-state index < -0.39 is 0 Å². The Morgan fingerprint density at radius 3 is 2.78 bits per heavy atom. The summed E-state index contributed by atoms with van der Waals surface area (Å²) in [7, 11) is 0. The molecule has 2 aromatic heterocycles. The number of rotatable bonds is 2. The minimum Gasteiger partial charge on any atom is -0.327 e. The Labute approximate surface area is 105 Å². The molecule has 0 unspecified atom stereocenters. The number of hydrogen-bond acceptors (Lipinski definition) is 3. The highest BCUT2D eigenvalue weighted by atomic mass is 15.1. The first kappa shape index (κ1) is 11.2. The number of nitrogens with two attached hydrogens (primary N) is 1. The van der Waals surface area contributed by atoms with Crippen molar-refractivity contribution in [1.29, 1.82) is 0 Å². The van der Waals surface area contributed by atoms with Crippen molar-refractivity contribution in [3.63, 3.8) is 0 Å². The van der Waals surface area contributed by atoms with E-state index in [0.29, 0.717) is 12.6 Å². The highest BCUT2D eigenvalue weighted by molar-refractivity contribution is 6.02. The van der Waals surface area contributed by atoms with Gasteiger partial charge in [0.2, 0.25) is 0 Å². The van der Waals surface area contributed by atoms with Crippen molar-refractivity contribution in [3.8, 4) is 0 Å². The van der Waals surface area contributed by atoms with E-state index in [1.165, 1.54) is 0 Å². The van der Waals surface area contributed by atoms with Crippen molar-refractivity contribution < 1.29 is 0 Å². The lowest BCUT2D eigenvalue weighted by molar-refractivity contribution is 0.619. The highest BCUT2D eigenvalue weighted by Gasteiger charge is 2.10. The van der Waals surface area contributed by atoms with Crippen LogP contribution in [0.3, 0.4) is 0 Å². The molecule has 0 radical (unpaired) electrons. The molecule has 0 saturated heterocycles. The van der Waals surface area contributed by atoms with Gasteiger partial charge in [-0.05, 0) is 31.5 Å². The van der Waals surface area contributed by atoms with Crippen molar-refractivity contribution in [2.75, 3.05) is 0 Å². The van der Waals surface area contributed by atoms with Gasteiger partial charge in [0.1, 0.15) is 5.52 Å². The van der Waals surface area contributed by atoms with Gasteiger partial charge < -0.3 is 10.3 Å². The van der Waals surface area contributed by atoms with Crippen LogP contribution in [0.15, 0.2) is 30.7 Å². The molecule has 1 aromatic carbocycles. The van der Waals surface area contributed by atoms with E-state index in [0.717, 1.165) is 27.5 Å². The number of fused-ring (bicyclic) bond motifs is 3. The molecule has 92 valence electrons. The minimum absolute atomic E-state index is 0.377. The number of pyridine rings is 1. The summed E-state index contributed by atoms with van der Waals surface area (Å²) in [6.07, 6.45) is 3.71. The summed E-state index contributed by atoms with van der Waals surface area (Å²) >= 11 is 0. The van der Waals surface area contributed by atoms with Crippen molar-refractivity contribution in [1.82, 2.24) is 14.5 Å². The molecular weight excluding hydrogens is 224 g/mol. The smallest absolute Gasteiger partial charge is 0.107 e. The Morgan fingerprint density at radius 2 is 2.06 bits per heavy atom. The van der Waals surface area contributed by atoms with E-state index in [9.17, 15) is 0 Å². The minimum atomic E-state index is 0.377. The highest BCUT2D eigenvalue weighted by Crippen LogP contribution is 2.26. The fourth-order valence-corrected chi connectivity index (χ4v) is 2.28. The maximum Gasteiger partial charge on any atom is 0.107 e. The third-order valence-corrected chi connectivity index (χ3v) is 3.26. The fourth-order valence-electron chi connectivity index (χ4n) is 2.28. The lowest BCUT2D eigenvalue weighted by Crippen LogP contribution is -2.00. The van der Waals surface area contributed by atoms with Gasteiger partial charge in [-0.15, -0.1) is 0 Å². The van der Waals surface area contributed by atoms with Crippen LogP contribution in [-0.2, 0) is 6.54 Å². The van der Waals surface area contributed by atoms with E-state index >= 15 is 0 Å². The van der Waals surface area contributed by atoms with E-state index in [-0.39, 0.29) is 0 Å². The average molecular weight is 240 g/mol. The normalized spacial score (nSPS) is 11.8. The summed E-state index contributed by atoms with van der Waals surface area (Å²) in [6.45, 7) is 4.85. The second-order valence-electron chi connectivity index (χ2n) is 4.79. The standard InChI is InChI=1S/C14H16N4/c1-9(2)18-8-17-13-7-16-12-4-3-10(6-15)5-11(12)14(13)18/h3-5,7-9H,6,15H2,1-2H3. The van der Waals surface area contributed by atoms with Gasteiger partial charge in [-0.1, -0.05) is 6.07 Å². The van der Waals surface area contributed by atoms with Gasteiger partial charge in [-0.3, -0.25) is 4.98 Å². The Balaban J connectivity index is 2.44. The lowest BCUT2D eigenvalue weighted by Gasteiger charge is -2.10. The average Bonchev–Trinajstić information content (AvgIpc) is 2.82. The molecular formula is C14H16N4. The van der Waals surface area contributed by atoms with Crippen molar-refractivity contribution in [2.45, 2.75) is 26.4 Å². The van der Waals surface area contributed by atoms with E-state index in [2.05, 4.69) is 34.4 Å². The summed E-state index contributed by atoms with van der Waals surface area (Å²) in [6, 6.07) is 6.54. The summed E-state index contributed by atoms with van der Waals surface area (Å²) in [4.78, 5) is 8.86. The van der Waals surface area contributed by atoms with Crippen molar-refractivity contribution in [3.05, 3.63) is 36.3 Å². The van der Waals surface area contributed by atoms with Crippen molar-refractivity contribution >= 4 is 21.9 Å². The molecule has 2 heterocycles. The maximum atomic E-state index is 5.72. The molecule has 2 N–H and O–H groups in total. The predicted octanol–water partition coefficient (Wildman–Crippen LogP) is 2.62. The molecule has 0 fully saturated rings. The SMILES string of the molecule is CC(C)n1cnc2cnc3ccc(CN)cc3c21. The Kier molecular flexibility index (Phi) is 2.52. The van der Waals surface area contributed by atoms with Crippen LogP contribution in [-0.4, -0.2) is 14.5 Å². The van der Waals surface area contributed by atoms with E-state index in [4.69, 9.17) is 5.73 Å². The molecule has 3 aromatic rings. The van der Waals surface area contributed by atoms with Gasteiger partial charge >= 0.3 is 0 Å². The monoisotopic (exact) mass is 240 g/mol. The number of imidazole rings is 1. The molecule has 4 heteroatoms. The van der Waals surface area contributed by atoms with E-state index in [1.54, 1.807) is 0 Å². The van der Waals surface area contributed by atoms with Crippen LogP contribution in [0.1, 0.15) is 25.5 Å². The molecule has 18 heavy (non-hydrogen) atoms. The second-order valence-corrected chi connectivity index (χ2v) is 4.79. The first-order valence-electron chi connectivity index (χ1n) is 6.15. The second kappa shape index (κ2) is 4.07. The molecule has 0 spiro atoms. The zero-order chi connectivity index (χ0) is 12.7. The molecule has 0 amide bonds. The molecule has 0 atom stereocenters. The number of hydrogen-bond donors (Lipinski definition) is 1. The lowest BCUT2D eigenvalue weighted by atomic mass is 10.1. The molecule has 3 rings (SSSR count). The Hall–Kier alpha value is -1.94. The fraction of sp³-hybridized carbons (Fsp3) is 0.286. The van der Waals surface area contributed by atoms with Crippen LogP contribution in [0.25, 0.3) is 21.9 Å². The molecule has 0 aliphatic rings. The van der Waals surface area contributed by atoms with Gasteiger partial charge in [0.25, 0.3) is 0 Å². The van der Waals surface area contributed by atoms with E-state index in [1.807, 2.05) is 24.7 Å². The first-order chi connectivity index (χ1) is 8.70. The topological polar surface area (TPSA) is 56.7 Å². The summed E-state index contributed by atoms with van der Waals surface area (Å²) in [5.74, 6) is 0. The van der Waals surface area contributed by atoms with Crippen LogP contribution in [0.2, 0.25) is 0 Å². The van der Waals surface area contributed by atoms with Gasteiger partial charge in [0.15, 0.2) is 0 Å². The third-order valence-electron chi connectivity index (χ3n) is 3.26. The zero-order valence-electron chi connectivity index (χ0n) is 10.6. The first-order valence-corrected chi connectivity index (χ1v) is 6.15. The van der Waals surface area contributed by atoms with Gasteiger partial charge in [0, 0.05) is 18.0 Å². The molecule has 4 nitrogen and oxygen atoms in total. The summed E-state index contributed by atoms with van der Waals surface area (Å²) in [5, 5.41) is 1.13. The summed E-state index contributed by atoms with van der Waals surface area (Å²) < 4.78 is 2.18. The van der Waals surface area contributed by atoms with Crippen LogP contribution in [0.4, 0.5) is 0 Å². The number of benzene rings is 1. The van der Waals surface area contributed by atoms with Crippen LogP contribution in [0.5, 0.6) is 0 Å². The van der Waals surface area contributed by atoms with Gasteiger partial charge in [-0.2, -0.15) is 0 Å². The predicted molar refractivity (Wildman–Crippen MR) is 73.3 cm³/mol. The van der Waals surface area contributed by atoms with Gasteiger partial charge in [0.05, 0.1) is 23.6 Å². The van der Waals surface area contributed by atoms with Gasteiger partial charge in [-0.25, -0.2) is 4.98 Å². The third kappa shape index (κ3) is 1.57. The summed E-state index contributed by atoms with van der Waals surface area (Å²) in [5.41, 5.74) is 9.90. The van der Waals surface area contributed by atoms with Crippen LogP contribution >= 0.6 is 0 Å². The van der Waals surface area contributed by atoms with Crippen LogP contribution in [0, 0.1) is 0 Å². The largest absolute Gasteiger partial charge is 0.327 e. The number of aromatic nitrogens is 3. The Bertz CT molecular complexity index is 712. The molecule has 0 bridgehead atoms. The molecule has 0 aliphatic carbocycles. The maximum absolute atomic E-state index is 5.72. The zero-order valence-corrected chi connectivity index (χ0v) is 10.6.